The molecule has 3 aromatic rings. The van der Waals surface area contributed by atoms with Crippen molar-refractivity contribution < 1.29 is 51.2 Å². The minimum absolute atomic E-state index is 0.168. The van der Waals surface area contributed by atoms with E-state index >= 15 is 0 Å². The van der Waals surface area contributed by atoms with Gasteiger partial charge in [0.25, 0.3) is 0 Å². The highest BCUT2D eigenvalue weighted by Gasteiger charge is 2.94. The fourth-order valence-corrected chi connectivity index (χ4v) is 7.75. The molecule has 1 aliphatic carbocycles. The number of alkyl halides is 3. The first-order chi connectivity index (χ1) is 21.1. The standard InChI is InChI=1S/C32H28ClF3O8S/c1-16(37)40-15-30-28-29(30,4)26(41-17(2)38)27(42-18(3)39)31(43-28,44-30)22-9-11-24(33)20(13-22)14-23-10-12-25(45-23)19-5-7-21(8-6-19)32(34,35)36/h5-13,26-28H,14-15H2,1-4H3/t26-,27-,28?,29?,30+,31+/m1/s1. The van der Waals surface area contributed by atoms with Crippen molar-refractivity contribution in [2.75, 3.05) is 6.61 Å². The summed E-state index contributed by atoms with van der Waals surface area (Å²) in [6, 6.07) is 13.7. The highest BCUT2D eigenvalue weighted by molar-refractivity contribution is 7.15. The summed E-state index contributed by atoms with van der Waals surface area (Å²) in [5, 5.41) is 0.429. The molecule has 4 heterocycles. The number of carbonyl (C=O) groups is 3. The van der Waals surface area contributed by atoms with Crippen molar-refractivity contribution in [1.29, 1.82) is 0 Å². The summed E-state index contributed by atoms with van der Waals surface area (Å²) in [6.07, 6.45) is -6.89. The molecule has 8 nitrogen and oxygen atoms in total. The zero-order chi connectivity index (χ0) is 32.5. The summed E-state index contributed by atoms with van der Waals surface area (Å²) in [5.74, 6) is -3.48. The summed E-state index contributed by atoms with van der Waals surface area (Å²) in [6.45, 7) is 5.34. The molecule has 238 valence electrons. The van der Waals surface area contributed by atoms with E-state index < -0.39 is 64.8 Å². The van der Waals surface area contributed by atoms with Gasteiger partial charge < -0.3 is 23.7 Å². The minimum Gasteiger partial charge on any atom is -0.463 e. The molecule has 4 bridgehead atoms. The topological polar surface area (TPSA) is 97.4 Å². The lowest BCUT2D eigenvalue weighted by molar-refractivity contribution is -0.355. The lowest BCUT2D eigenvalue weighted by Gasteiger charge is -2.50. The molecule has 3 saturated heterocycles. The molecule has 0 radical (unpaired) electrons. The van der Waals surface area contributed by atoms with E-state index in [2.05, 4.69) is 0 Å². The molecule has 1 saturated carbocycles. The predicted octanol–water partition coefficient (Wildman–Crippen LogP) is 6.45. The van der Waals surface area contributed by atoms with Crippen LogP contribution >= 0.6 is 22.9 Å². The highest BCUT2D eigenvalue weighted by atomic mass is 35.5. The van der Waals surface area contributed by atoms with Crippen LogP contribution in [0, 0.1) is 5.41 Å². The summed E-state index contributed by atoms with van der Waals surface area (Å²) in [4.78, 5) is 38.0. The van der Waals surface area contributed by atoms with Crippen LogP contribution in [-0.4, -0.2) is 48.4 Å². The quantitative estimate of drug-likeness (QED) is 0.200. The lowest BCUT2D eigenvalue weighted by atomic mass is 9.80. The zero-order valence-corrected chi connectivity index (χ0v) is 26.1. The molecule has 1 aromatic heterocycles. The predicted molar refractivity (Wildman–Crippen MR) is 155 cm³/mol. The minimum atomic E-state index is -4.42. The SMILES string of the molecule is CC(=O)OC[C@]12O[C@]3(c4ccc(Cl)c(Cc5ccc(-c6ccc(C(F)(F)F)cc6)s5)c4)OC1C2(C)[C@H](OC(C)=O)[C@H]3OC(C)=O. The molecule has 7 rings (SSSR count). The van der Waals surface area contributed by atoms with E-state index in [0.717, 1.165) is 21.9 Å². The molecule has 0 N–H and O–H groups in total. The van der Waals surface area contributed by atoms with Crippen LogP contribution in [-0.2, 0) is 56.5 Å². The average molecular weight is 665 g/mol. The maximum Gasteiger partial charge on any atom is 0.416 e. The van der Waals surface area contributed by atoms with E-state index in [-0.39, 0.29) is 6.61 Å². The Hall–Kier alpha value is -3.45. The van der Waals surface area contributed by atoms with Crippen molar-refractivity contribution in [3.05, 3.63) is 81.2 Å². The van der Waals surface area contributed by atoms with Crippen LogP contribution in [0.1, 0.15) is 49.3 Å². The molecule has 0 amide bonds. The number of fused-ring (bicyclic) bond motifs is 1. The summed E-state index contributed by atoms with van der Waals surface area (Å²) >= 11 is 8.04. The van der Waals surface area contributed by atoms with Crippen LogP contribution in [0.15, 0.2) is 54.6 Å². The first-order valence-electron chi connectivity index (χ1n) is 14.0. The Balaban J connectivity index is 1.34. The van der Waals surface area contributed by atoms with Crippen LogP contribution in [0.3, 0.4) is 0 Å². The summed E-state index contributed by atoms with van der Waals surface area (Å²) in [7, 11) is 0. The Morgan fingerprint density at radius 1 is 0.933 bits per heavy atom. The summed E-state index contributed by atoms with van der Waals surface area (Å²) in [5.41, 5.74) is -1.10. The Morgan fingerprint density at radius 2 is 1.60 bits per heavy atom. The first-order valence-corrected chi connectivity index (χ1v) is 15.2. The Labute approximate surface area is 265 Å². The van der Waals surface area contributed by atoms with Crippen molar-refractivity contribution in [3.8, 4) is 10.4 Å². The third-order valence-corrected chi connectivity index (χ3v) is 10.2. The number of hydrogen-bond acceptors (Lipinski definition) is 9. The normalized spacial score (nSPS) is 29.6. The van der Waals surface area contributed by atoms with Crippen LogP contribution < -0.4 is 0 Å². The smallest absolute Gasteiger partial charge is 0.416 e. The molecule has 4 aliphatic rings. The Morgan fingerprint density at radius 3 is 2.22 bits per heavy atom. The van der Waals surface area contributed by atoms with Crippen LogP contribution in [0.4, 0.5) is 13.2 Å². The molecule has 2 unspecified atom stereocenters. The van der Waals surface area contributed by atoms with E-state index in [0.29, 0.717) is 28.1 Å². The fraction of sp³-hybridized carbons (Fsp3) is 0.406. The molecular formula is C32H28ClF3O8S. The number of hydrogen-bond donors (Lipinski definition) is 0. The number of benzene rings is 2. The number of thiophene rings is 1. The van der Waals surface area contributed by atoms with E-state index in [4.69, 9.17) is 35.3 Å². The van der Waals surface area contributed by atoms with Crippen LogP contribution in [0.25, 0.3) is 10.4 Å². The van der Waals surface area contributed by atoms with E-state index in [1.54, 1.807) is 25.1 Å². The molecule has 45 heavy (non-hydrogen) atoms. The van der Waals surface area contributed by atoms with Gasteiger partial charge >= 0.3 is 24.1 Å². The molecule has 2 aromatic carbocycles. The van der Waals surface area contributed by atoms with Crippen LogP contribution in [0.2, 0.25) is 5.02 Å². The van der Waals surface area contributed by atoms with Gasteiger partial charge in [0.15, 0.2) is 12.2 Å². The van der Waals surface area contributed by atoms with Gasteiger partial charge in [-0.3, -0.25) is 14.4 Å². The summed E-state index contributed by atoms with van der Waals surface area (Å²) < 4.78 is 69.0. The van der Waals surface area contributed by atoms with E-state index in [1.165, 1.54) is 44.2 Å². The second-order valence-corrected chi connectivity index (χ2v) is 13.2. The second-order valence-electron chi connectivity index (χ2n) is 11.6. The van der Waals surface area contributed by atoms with Crippen molar-refractivity contribution in [2.45, 2.75) is 70.0 Å². The number of rotatable bonds is 8. The van der Waals surface area contributed by atoms with Crippen molar-refractivity contribution in [1.82, 2.24) is 0 Å². The van der Waals surface area contributed by atoms with Crippen molar-refractivity contribution in [2.24, 2.45) is 5.41 Å². The largest absolute Gasteiger partial charge is 0.463 e. The van der Waals surface area contributed by atoms with Gasteiger partial charge in [0.2, 0.25) is 5.79 Å². The third kappa shape index (κ3) is 5.11. The van der Waals surface area contributed by atoms with Gasteiger partial charge in [-0.1, -0.05) is 36.7 Å². The molecule has 3 aliphatic heterocycles. The Kier molecular flexibility index (Phi) is 7.58. The fourth-order valence-electron chi connectivity index (χ4n) is 6.53. The zero-order valence-electron chi connectivity index (χ0n) is 24.5. The van der Waals surface area contributed by atoms with Crippen molar-refractivity contribution >= 4 is 40.8 Å². The first kappa shape index (κ1) is 31.5. The van der Waals surface area contributed by atoms with Gasteiger partial charge in [-0.05, 0) is 47.5 Å². The number of halogens is 4. The number of esters is 3. The van der Waals surface area contributed by atoms with Crippen LogP contribution in [0.5, 0.6) is 0 Å². The van der Waals surface area contributed by atoms with E-state index in [9.17, 15) is 27.6 Å². The Bertz CT molecular complexity index is 1690. The van der Waals surface area contributed by atoms with Gasteiger partial charge in [0.1, 0.15) is 18.3 Å². The number of ether oxygens (including phenoxy) is 5. The van der Waals surface area contributed by atoms with Crippen molar-refractivity contribution in [3.63, 3.8) is 0 Å². The maximum atomic E-state index is 13.0. The monoisotopic (exact) mass is 664 g/mol. The van der Waals surface area contributed by atoms with Gasteiger partial charge in [-0.25, -0.2) is 0 Å². The van der Waals surface area contributed by atoms with Gasteiger partial charge in [0.05, 0.1) is 11.0 Å². The third-order valence-electron chi connectivity index (χ3n) is 8.71. The van der Waals surface area contributed by atoms with Gasteiger partial charge in [0, 0.05) is 47.5 Å². The molecular weight excluding hydrogens is 637 g/mol. The number of carbonyl (C=O) groups excluding carboxylic acids is 3. The van der Waals surface area contributed by atoms with E-state index in [1.807, 2.05) is 12.1 Å². The molecule has 6 atom stereocenters. The maximum absolute atomic E-state index is 13.0. The van der Waals surface area contributed by atoms with Gasteiger partial charge in [-0.2, -0.15) is 13.2 Å². The lowest BCUT2D eigenvalue weighted by Crippen LogP contribution is -2.64. The second kappa shape index (κ2) is 10.8. The molecule has 0 spiro atoms. The van der Waals surface area contributed by atoms with Gasteiger partial charge in [-0.15, -0.1) is 11.3 Å². The molecule has 13 heteroatoms. The highest BCUT2D eigenvalue weighted by Crippen LogP contribution is 2.77. The average Bonchev–Trinajstić information content (AvgIpc) is 3.31. The molecule has 4 fully saturated rings.